The summed E-state index contributed by atoms with van der Waals surface area (Å²) in [7, 11) is 0. The topological polar surface area (TPSA) is 49.9 Å². The number of benzene rings is 1. The number of H-pyrrole nitrogens is 1. The van der Waals surface area contributed by atoms with Gasteiger partial charge in [0.05, 0.1) is 0 Å². The van der Waals surface area contributed by atoms with Gasteiger partial charge >= 0.3 is 0 Å². The number of hydrogen-bond donors (Lipinski definition) is 1. The summed E-state index contributed by atoms with van der Waals surface area (Å²) in [6.07, 6.45) is 3.13. The molecule has 0 atom stereocenters. The van der Waals surface area contributed by atoms with Crippen molar-refractivity contribution in [3.05, 3.63) is 65.5 Å². The number of Topliss-reactive ketones (excluding diaryl/α,β-unsaturated/α-hetero) is 1. The van der Waals surface area contributed by atoms with Crippen LogP contribution in [0.15, 0.2) is 48.7 Å². The molecule has 3 nitrogen and oxygen atoms in total. The Bertz CT molecular complexity index is 636. The van der Waals surface area contributed by atoms with Crippen molar-refractivity contribution < 1.29 is 9.59 Å². The van der Waals surface area contributed by atoms with Crippen molar-refractivity contribution in [2.24, 2.45) is 0 Å². The van der Waals surface area contributed by atoms with Crippen molar-refractivity contribution in [2.75, 3.05) is 0 Å². The van der Waals surface area contributed by atoms with Crippen LogP contribution in [0.4, 0.5) is 0 Å². The van der Waals surface area contributed by atoms with Crippen LogP contribution in [-0.2, 0) is 0 Å². The van der Waals surface area contributed by atoms with Gasteiger partial charge in [-0.05, 0) is 18.2 Å². The molecule has 0 saturated carbocycles. The summed E-state index contributed by atoms with van der Waals surface area (Å²) in [6.45, 7) is 0. The number of carbonyl (C=O) groups is 2. The summed E-state index contributed by atoms with van der Waals surface area (Å²) in [5, 5.41) is 0. The minimum atomic E-state index is -0.121. The maximum Gasteiger partial charge on any atom is 0.195 e. The zero-order valence-corrected chi connectivity index (χ0v) is 8.94. The largest absolute Gasteiger partial charge is 0.361 e. The van der Waals surface area contributed by atoms with Gasteiger partial charge < -0.3 is 4.98 Å². The fourth-order valence-corrected chi connectivity index (χ4v) is 2.01. The Morgan fingerprint density at radius 3 is 2.35 bits per heavy atom. The highest BCUT2D eigenvalue weighted by molar-refractivity contribution is 6.38. The summed E-state index contributed by atoms with van der Waals surface area (Å²) in [5.41, 5.74) is 2.06. The smallest absolute Gasteiger partial charge is 0.195 e. The van der Waals surface area contributed by atoms with Crippen molar-refractivity contribution in [3.63, 3.8) is 0 Å². The van der Waals surface area contributed by atoms with E-state index >= 15 is 0 Å². The van der Waals surface area contributed by atoms with Crippen molar-refractivity contribution in [2.45, 2.75) is 0 Å². The Morgan fingerprint density at radius 2 is 1.65 bits per heavy atom. The molecule has 0 aliphatic heterocycles. The first-order valence-electron chi connectivity index (χ1n) is 5.31. The zero-order valence-electron chi connectivity index (χ0n) is 8.94. The average molecular weight is 223 g/mol. The average Bonchev–Trinajstić information content (AvgIpc) is 2.87. The molecule has 17 heavy (non-hydrogen) atoms. The molecular weight excluding hydrogens is 214 g/mol. The molecule has 0 saturated heterocycles. The van der Waals surface area contributed by atoms with E-state index in [0.29, 0.717) is 22.4 Å². The Kier molecular flexibility index (Phi) is 2.05. The van der Waals surface area contributed by atoms with Crippen LogP contribution in [0, 0.1) is 0 Å². The van der Waals surface area contributed by atoms with Gasteiger partial charge in [0.15, 0.2) is 11.6 Å². The van der Waals surface area contributed by atoms with E-state index in [1.165, 1.54) is 6.08 Å². The number of aromatic amines is 1. The number of rotatable bonds is 1. The number of hydrogen-bond acceptors (Lipinski definition) is 2. The quantitative estimate of drug-likeness (QED) is 0.807. The minimum Gasteiger partial charge on any atom is -0.361 e. The first kappa shape index (κ1) is 9.78. The number of ketones is 2. The summed E-state index contributed by atoms with van der Waals surface area (Å²) in [6, 6.07) is 10.5. The molecule has 1 N–H and O–H groups in total. The molecule has 1 aromatic heterocycles. The third-order valence-electron chi connectivity index (χ3n) is 2.85. The molecule has 1 aliphatic carbocycles. The number of allylic oxidation sites excluding steroid dienone is 2. The molecule has 0 spiro atoms. The van der Waals surface area contributed by atoms with Gasteiger partial charge in [-0.1, -0.05) is 24.3 Å². The van der Waals surface area contributed by atoms with Gasteiger partial charge in [-0.25, -0.2) is 0 Å². The molecule has 0 fully saturated rings. The summed E-state index contributed by atoms with van der Waals surface area (Å²) >= 11 is 0. The van der Waals surface area contributed by atoms with Crippen molar-refractivity contribution in [1.29, 1.82) is 0 Å². The molecule has 0 radical (unpaired) electrons. The lowest BCUT2D eigenvalue weighted by Gasteiger charge is -2.13. The maximum atomic E-state index is 12.2. The van der Waals surface area contributed by atoms with Gasteiger partial charge in [0.25, 0.3) is 0 Å². The second-order valence-corrected chi connectivity index (χ2v) is 3.88. The Labute approximate surface area is 97.8 Å². The molecular formula is C14H9NO2. The van der Waals surface area contributed by atoms with E-state index in [1.54, 1.807) is 42.6 Å². The molecule has 3 rings (SSSR count). The van der Waals surface area contributed by atoms with Gasteiger partial charge in [-0.3, -0.25) is 9.59 Å². The minimum absolute atomic E-state index is 0.109. The number of nitrogens with one attached hydrogen (secondary N) is 1. The molecule has 1 aromatic carbocycles. The van der Waals surface area contributed by atoms with Crippen LogP contribution in [0.5, 0.6) is 0 Å². The van der Waals surface area contributed by atoms with E-state index in [4.69, 9.17) is 0 Å². The van der Waals surface area contributed by atoms with E-state index in [9.17, 15) is 9.59 Å². The number of aromatic nitrogens is 1. The predicted octanol–water partition coefficient (Wildman–Crippen LogP) is 2.48. The molecule has 1 aliphatic rings. The highest BCUT2D eigenvalue weighted by Gasteiger charge is 2.26. The van der Waals surface area contributed by atoms with Crippen LogP contribution in [-0.4, -0.2) is 16.6 Å². The van der Waals surface area contributed by atoms with E-state index in [0.717, 1.165) is 0 Å². The normalized spacial score (nSPS) is 14.5. The molecule has 1 heterocycles. The first-order valence-corrected chi connectivity index (χ1v) is 5.31. The highest BCUT2D eigenvalue weighted by atomic mass is 16.1. The molecule has 3 heteroatoms. The van der Waals surface area contributed by atoms with Crippen LogP contribution in [0.3, 0.4) is 0 Å². The third-order valence-corrected chi connectivity index (χ3v) is 2.85. The third kappa shape index (κ3) is 1.44. The lowest BCUT2D eigenvalue weighted by Crippen LogP contribution is -2.16. The Morgan fingerprint density at radius 1 is 0.882 bits per heavy atom. The molecule has 0 bridgehead atoms. The van der Waals surface area contributed by atoms with Crippen molar-refractivity contribution in [3.8, 4) is 0 Å². The van der Waals surface area contributed by atoms with Gasteiger partial charge in [0.1, 0.15) is 0 Å². The van der Waals surface area contributed by atoms with E-state index in [-0.39, 0.29) is 11.6 Å². The van der Waals surface area contributed by atoms with Gasteiger partial charge in [0.2, 0.25) is 0 Å². The molecule has 2 aromatic rings. The summed E-state index contributed by atoms with van der Waals surface area (Å²) in [5.74, 6) is -0.229. The maximum absolute atomic E-state index is 12.2. The first-order chi connectivity index (χ1) is 8.27. The summed E-state index contributed by atoms with van der Waals surface area (Å²) in [4.78, 5) is 27.1. The fraction of sp³-hybridized carbons (Fsp3) is 0. The number of carbonyl (C=O) groups excluding carboxylic acids is 2. The van der Waals surface area contributed by atoms with Crippen LogP contribution in [0.25, 0.3) is 5.57 Å². The SMILES string of the molecule is O=C1C=C(c2ccc[nH]2)C(=O)c2ccccc21. The van der Waals surface area contributed by atoms with Crippen LogP contribution >= 0.6 is 0 Å². The van der Waals surface area contributed by atoms with E-state index in [2.05, 4.69) is 4.98 Å². The molecule has 0 amide bonds. The predicted molar refractivity (Wildman–Crippen MR) is 63.9 cm³/mol. The van der Waals surface area contributed by atoms with E-state index < -0.39 is 0 Å². The second kappa shape index (κ2) is 3.56. The Hall–Kier alpha value is -2.42. The standard InChI is InChI=1S/C14H9NO2/c16-13-8-11(12-6-3-7-15-12)14(17)10-5-2-1-4-9(10)13/h1-8,15H. The lowest BCUT2D eigenvalue weighted by atomic mass is 9.88. The fourth-order valence-electron chi connectivity index (χ4n) is 2.01. The zero-order chi connectivity index (χ0) is 11.8. The number of fused-ring (bicyclic) bond motifs is 1. The summed E-state index contributed by atoms with van der Waals surface area (Å²) < 4.78 is 0. The van der Waals surface area contributed by atoms with Gasteiger partial charge in [-0.2, -0.15) is 0 Å². The van der Waals surface area contributed by atoms with Crippen molar-refractivity contribution >= 4 is 17.1 Å². The molecule has 0 unspecified atom stereocenters. The second-order valence-electron chi connectivity index (χ2n) is 3.88. The van der Waals surface area contributed by atoms with Crippen molar-refractivity contribution in [1.82, 2.24) is 4.98 Å². The van der Waals surface area contributed by atoms with Gasteiger partial charge in [-0.15, -0.1) is 0 Å². The monoisotopic (exact) mass is 223 g/mol. The lowest BCUT2D eigenvalue weighted by molar-refractivity contribution is 0.100. The van der Waals surface area contributed by atoms with Crippen LogP contribution < -0.4 is 0 Å². The van der Waals surface area contributed by atoms with Crippen LogP contribution in [0.2, 0.25) is 0 Å². The van der Waals surface area contributed by atoms with Crippen LogP contribution in [0.1, 0.15) is 26.4 Å². The molecule has 82 valence electrons. The van der Waals surface area contributed by atoms with E-state index in [1.807, 2.05) is 0 Å². The van der Waals surface area contributed by atoms with Gasteiger partial charge in [0, 0.05) is 28.6 Å². The highest BCUT2D eigenvalue weighted by Crippen LogP contribution is 2.26. The Balaban J connectivity index is 2.18.